The van der Waals surface area contributed by atoms with Crippen LogP contribution in [0.15, 0.2) is 24.3 Å². The van der Waals surface area contributed by atoms with Crippen molar-refractivity contribution in [2.75, 3.05) is 7.11 Å². The lowest BCUT2D eigenvalue weighted by Crippen LogP contribution is -2.13. The highest BCUT2D eigenvalue weighted by molar-refractivity contribution is 6.02. The van der Waals surface area contributed by atoms with Crippen LogP contribution >= 0.6 is 0 Å². The first kappa shape index (κ1) is 19.7. The van der Waals surface area contributed by atoms with Gasteiger partial charge in [0.15, 0.2) is 0 Å². The molecule has 0 bridgehead atoms. The van der Waals surface area contributed by atoms with Crippen LogP contribution in [0.25, 0.3) is 11.1 Å². The minimum atomic E-state index is -0.559. The number of rotatable bonds is 8. The summed E-state index contributed by atoms with van der Waals surface area (Å²) >= 11 is 0. The average Bonchev–Trinajstić information content (AvgIpc) is 2.89. The molecule has 1 heterocycles. The smallest absolute Gasteiger partial charge is 0.305 e. The van der Waals surface area contributed by atoms with Gasteiger partial charge in [0.25, 0.3) is 5.91 Å². The summed E-state index contributed by atoms with van der Waals surface area (Å²) in [6, 6.07) is 6.07. The highest BCUT2D eigenvalue weighted by atomic mass is 19.1. The minimum Gasteiger partial charge on any atom is -0.469 e. The van der Waals surface area contributed by atoms with Gasteiger partial charge in [-0.05, 0) is 37.5 Å². The van der Waals surface area contributed by atoms with Gasteiger partial charge in [-0.15, -0.1) is 0 Å². The number of halogens is 1. The summed E-state index contributed by atoms with van der Waals surface area (Å²) in [7, 11) is 1.34. The van der Waals surface area contributed by atoms with Crippen LogP contribution in [0.1, 0.15) is 47.9 Å². The summed E-state index contributed by atoms with van der Waals surface area (Å²) in [6.45, 7) is 4.62. The monoisotopic (exact) mass is 360 g/mol. The van der Waals surface area contributed by atoms with Gasteiger partial charge in [0.05, 0.1) is 19.1 Å². The normalized spacial score (nSPS) is 10.8. The van der Waals surface area contributed by atoms with E-state index in [-0.39, 0.29) is 12.4 Å². The molecule has 0 aliphatic rings. The molecule has 2 rings (SSSR count). The molecular formula is C20H25FN2O3. The molecule has 26 heavy (non-hydrogen) atoms. The Balaban J connectivity index is 2.67. The van der Waals surface area contributed by atoms with Gasteiger partial charge in [0.1, 0.15) is 5.82 Å². The number of unbranched alkanes of at least 4 members (excludes halogenated alkanes) is 1. The van der Waals surface area contributed by atoms with Crippen molar-refractivity contribution in [2.45, 2.75) is 46.1 Å². The third-order valence-corrected chi connectivity index (χ3v) is 4.52. The second-order valence-corrected chi connectivity index (χ2v) is 6.24. The quantitative estimate of drug-likeness (QED) is 0.731. The molecule has 5 nitrogen and oxygen atoms in total. The fraction of sp³-hybridized carbons (Fsp3) is 0.400. The lowest BCUT2D eigenvalue weighted by molar-refractivity contribution is -0.140. The fourth-order valence-electron chi connectivity index (χ4n) is 3.26. The number of carbonyl (C=O) groups is 2. The molecule has 0 atom stereocenters. The molecule has 0 aliphatic heterocycles. The first-order valence-electron chi connectivity index (χ1n) is 8.75. The maximum absolute atomic E-state index is 13.8. The van der Waals surface area contributed by atoms with Crippen molar-refractivity contribution in [1.29, 1.82) is 0 Å². The first-order chi connectivity index (χ1) is 12.4. The SMILES string of the molecule is CCCCn1c(C)c(C(N)=O)c(-c2cccc(F)c2)c1CCC(=O)OC. The average molecular weight is 360 g/mol. The molecule has 0 fully saturated rings. The predicted molar refractivity (Wildman–Crippen MR) is 98.3 cm³/mol. The summed E-state index contributed by atoms with van der Waals surface area (Å²) in [6.07, 6.45) is 2.46. The maximum atomic E-state index is 13.8. The number of esters is 1. The van der Waals surface area contributed by atoms with Gasteiger partial charge in [0, 0.05) is 23.5 Å². The van der Waals surface area contributed by atoms with Crippen molar-refractivity contribution < 1.29 is 18.7 Å². The van der Waals surface area contributed by atoms with Crippen LogP contribution in [-0.4, -0.2) is 23.6 Å². The zero-order chi connectivity index (χ0) is 19.3. The van der Waals surface area contributed by atoms with Crippen molar-refractivity contribution in [3.05, 3.63) is 47.0 Å². The van der Waals surface area contributed by atoms with E-state index < -0.39 is 11.7 Å². The van der Waals surface area contributed by atoms with Gasteiger partial charge in [-0.3, -0.25) is 9.59 Å². The van der Waals surface area contributed by atoms with Crippen LogP contribution in [0.4, 0.5) is 4.39 Å². The van der Waals surface area contributed by atoms with Crippen molar-refractivity contribution in [2.24, 2.45) is 5.73 Å². The van der Waals surface area contributed by atoms with Crippen LogP contribution in [0.2, 0.25) is 0 Å². The largest absolute Gasteiger partial charge is 0.469 e. The number of hydrogen-bond donors (Lipinski definition) is 1. The van der Waals surface area contributed by atoms with Crippen LogP contribution < -0.4 is 5.73 Å². The van der Waals surface area contributed by atoms with E-state index in [0.29, 0.717) is 29.7 Å². The second kappa shape index (κ2) is 8.65. The van der Waals surface area contributed by atoms with Gasteiger partial charge in [-0.25, -0.2) is 4.39 Å². The van der Waals surface area contributed by atoms with E-state index >= 15 is 0 Å². The number of amides is 1. The Kier molecular flexibility index (Phi) is 6.55. The Morgan fingerprint density at radius 1 is 1.31 bits per heavy atom. The number of aromatic nitrogens is 1. The van der Waals surface area contributed by atoms with Crippen LogP contribution in [0, 0.1) is 12.7 Å². The number of nitrogens with zero attached hydrogens (tertiary/aromatic N) is 1. The fourth-order valence-corrected chi connectivity index (χ4v) is 3.26. The van der Waals surface area contributed by atoms with Crippen molar-refractivity contribution in [3.63, 3.8) is 0 Å². The summed E-state index contributed by atoms with van der Waals surface area (Å²) < 4.78 is 20.6. The number of hydrogen-bond acceptors (Lipinski definition) is 3. The molecule has 0 saturated heterocycles. The number of ether oxygens (including phenoxy) is 1. The maximum Gasteiger partial charge on any atom is 0.305 e. The lowest BCUT2D eigenvalue weighted by Gasteiger charge is -2.13. The van der Waals surface area contributed by atoms with E-state index in [2.05, 4.69) is 6.92 Å². The summed E-state index contributed by atoms with van der Waals surface area (Å²) in [5.74, 6) is -1.29. The molecule has 0 spiro atoms. The third kappa shape index (κ3) is 4.12. The van der Waals surface area contributed by atoms with E-state index in [1.807, 2.05) is 11.5 Å². The summed E-state index contributed by atoms with van der Waals surface area (Å²) in [5, 5.41) is 0. The third-order valence-electron chi connectivity index (χ3n) is 4.52. The van der Waals surface area contributed by atoms with Crippen molar-refractivity contribution >= 4 is 11.9 Å². The van der Waals surface area contributed by atoms with E-state index in [1.54, 1.807) is 12.1 Å². The molecular weight excluding hydrogens is 335 g/mol. The Hall–Kier alpha value is -2.63. The highest BCUT2D eigenvalue weighted by Gasteiger charge is 2.25. The molecule has 140 valence electrons. The zero-order valence-electron chi connectivity index (χ0n) is 15.5. The Morgan fingerprint density at radius 2 is 2.04 bits per heavy atom. The molecule has 0 aliphatic carbocycles. The summed E-state index contributed by atoms with van der Waals surface area (Å²) in [4.78, 5) is 23.8. The standard InChI is InChI=1S/C20H25FN2O3/c1-4-5-11-23-13(2)18(20(22)25)19(14-7-6-8-15(21)12-14)16(23)9-10-17(24)26-3/h6-8,12H,4-5,9-11H2,1-3H3,(H2,22,25). The van der Waals surface area contributed by atoms with Crippen molar-refractivity contribution in [1.82, 2.24) is 4.57 Å². The number of primary amides is 1. The molecule has 2 aromatic rings. The van der Waals surface area contributed by atoms with E-state index in [4.69, 9.17) is 10.5 Å². The number of methoxy groups -OCH3 is 1. The predicted octanol–water partition coefficient (Wildman–Crippen LogP) is 3.61. The second-order valence-electron chi connectivity index (χ2n) is 6.24. The number of benzene rings is 1. The van der Waals surface area contributed by atoms with Gasteiger partial charge in [-0.2, -0.15) is 0 Å². The molecule has 0 unspecified atom stereocenters. The first-order valence-corrected chi connectivity index (χ1v) is 8.75. The van der Waals surface area contributed by atoms with E-state index in [1.165, 1.54) is 19.2 Å². The molecule has 1 aromatic heterocycles. The molecule has 1 amide bonds. The molecule has 0 saturated carbocycles. The van der Waals surface area contributed by atoms with Crippen LogP contribution in [-0.2, 0) is 22.5 Å². The van der Waals surface area contributed by atoms with Crippen molar-refractivity contribution in [3.8, 4) is 11.1 Å². The summed E-state index contributed by atoms with van der Waals surface area (Å²) in [5.41, 5.74) is 8.76. The topological polar surface area (TPSA) is 74.3 Å². The Labute approximate surface area is 152 Å². The highest BCUT2D eigenvalue weighted by Crippen LogP contribution is 2.34. The zero-order valence-corrected chi connectivity index (χ0v) is 15.5. The van der Waals surface area contributed by atoms with E-state index in [9.17, 15) is 14.0 Å². The van der Waals surface area contributed by atoms with Crippen LogP contribution in [0.5, 0.6) is 0 Å². The van der Waals surface area contributed by atoms with E-state index in [0.717, 1.165) is 24.2 Å². The van der Waals surface area contributed by atoms with Gasteiger partial charge >= 0.3 is 5.97 Å². The van der Waals surface area contributed by atoms with Gasteiger partial charge < -0.3 is 15.0 Å². The van der Waals surface area contributed by atoms with Gasteiger partial charge in [0.2, 0.25) is 0 Å². The Bertz CT molecular complexity index is 812. The number of carbonyl (C=O) groups excluding carboxylic acids is 2. The molecule has 2 N–H and O–H groups in total. The van der Waals surface area contributed by atoms with Crippen LogP contribution in [0.3, 0.4) is 0 Å². The molecule has 0 radical (unpaired) electrons. The molecule has 1 aromatic carbocycles. The Morgan fingerprint density at radius 3 is 2.62 bits per heavy atom. The van der Waals surface area contributed by atoms with Gasteiger partial charge in [-0.1, -0.05) is 25.5 Å². The minimum absolute atomic E-state index is 0.173. The number of nitrogens with two attached hydrogens (primary N) is 1. The molecule has 6 heteroatoms. The lowest BCUT2D eigenvalue weighted by atomic mass is 9.98.